The van der Waals surface area contributed by atoms with Gasteiger partial charge in [-0.1, -0.05) is 0 Å². The van der Waals surface area contributed by atoms with Crippen LogP contribution in [0.2, 0.25) is 0 Å². The summed E-state index contributed by atoms with van der Waals surface area (Å²) < 4.78 is 5.36. The molecule has 2 heterocycles. The van der Waals surface area contributed by atoms with Gasteiger partial charge in [-0.05, 0) is 18.8 Å². The van der Waals surface area contributed by atoms with Gasteiger partial charge in [-0.15, -0.1) is 11.3 Å². The number of anilines is 1. The van der Waals surface area contributed by atoms with Crippen LogP contribution in [0.25, 0.3) is 0 Å². The summed E-state index contributed by atoms with van der Waals surface area (Å²) in [5, 5.41) is 11.6. The maximum atomic E-state index is 10.5. The van der Waals surface area contributed by atoms with E-state index in [0.29, 0.717) is 12.3 Å². The van der Waals surface area contributed by atoms with Gasteiger partial charge in [0, 0.05) is 38.6 Å². The number of ether oxygens (including phenoxy) is 1. The quantitative estimate of drug-likeness (QED) is 0.866. The lowest BCUT2D eigenvalue weighted by Crippen LogP contribution is -2.29. The summed E-state index contributed by atoms with van der Waals surface area (Å²) >= 11 is 1.59. The fraction of sp³-hybridized carbons (Fsp3) is 0.692. The first kappa shape index (κ1) is 14.3. The van der Waals surface area contributed by atoms with Crippen molar-refractivity contribution >= 4 is 22.4 Å². The third-order valence-corrected chi connectivity index (χ3v) is 4.34. The van der Waals surface area contributed by atoms with Gasteiger partial charge in [-0.2, -0.15) is 0 Å². The number of aliphatic carboxylic acids is 1. The Bertz CT molecular complexity index is 416. The van der Waals surface area contributed by atoms with Gasteiger partial charge in [0.15, 0.2) is 5.13 Å². The minimum atomic E-state index is -0.773. The van der Waals surface area contributed by atoms with Crippen molar-refractivity contribution in [3.8, 4) is 0 Å². The first-order valence-corrected chi connectivity index (χ1v) is 7.48. The predicted octanol–water partition coefficient (Wildman–Crippen LogP) is 2.02. The molecule has 1 aliphatic rings. The van der Waals surface area contributed by atoms with E-state index in [4.69, 9.17) is 9.84 Å². The summed E-state index contributed by atoms with van der Waals surface area (Å²) in [5.74, 6) is -0.102. The number of nitrogens with zero attached hydrogens (tertiary/aromatic N) is 2. The molecule has 0 bridgehead atoms. The number of carboxylic acid groups (broad SMARTS) is 1. The molecule has 5 nitrogen and oxygen atoms in total. The fourth-order valence-electron chi connectivity index (χ4n) is 2.22. The highest BCUT2D eigenvalue weighted by Gasteiger charge is 2.17. The smallest absolute Gasteiger partial charge is 0.303 e. The molecule has 0 aromatic carbocycles. The van der Waals surface area contributed by atoms with Gasteiger partial charge in [0.05, 0.1) is 12.1 Å². The fourth-order valence-corrected chi connectivity index (χ4v) is 3.05. The Morgan fingerprint density at radius 3 is 3.00 bits per heavy atom. The summed E-state index contributed by atoms with van der Waals surface area (Å²) in [6, 6.07) is 0. The van der Waals surface area contributed by atoms with Crippen LogP contribution in [0.4, 0.5) is 5.13 Å². The molecule has 0 radical (unpaired) electrons. The normalized spacial score (nSPS) is 16.5. The van der Waals surface area contributed by atoms with Crippen molar-refractivity contribution in [2.75, 3.05) is 31.7 Å². The van der Waals surface area contributed by atoms with Crippen molar-refractivity contribution in [1.29, 1.82) is 0 Å². The predicted molar refractivity (Wildman–Crippen MR) is 74.9 cm³/mol. The number of carboxylic acids is 1. The topological polar surface area (TPSA) is 62.7 Å². The largest absolute Gasteiger partial charge is 0.481 e. The van der Waals surface area contributed by atoms with Crippen LogP contribution in [0.3, 0.4) is 0 Å². The van der Waals surface area contributed by atoms with Crippen molar-refractivity contribution in [2.45, 2.75) is 25.7 Å². The van der Waals surface area contributed by atoms with E-state index in [9.17, 15) is 4.79 Å². The molecule has 1 aromatic heterocycles. The van der Waals surface area contributed by atoms with Gasteiger partial charge < -0.3 is 14.7 Å². The Hall–Kier alpha value is -1.14. The molecule has 1 saturated heterocycles. The molecule has 0 spiro atoms. The van der Waals surface area contributed by atoms with Gasteiger partial charge in [-0.25, -0.2) is 4.98 Å². The monoisotopic (exact) mass is 284 g/mol. The number of carbonyl (C=O) groups is 1. The second kappa shape index (κ2) is 6.86. The third-order valence-electron chi connectivity index (χ3n) is 3.33. The number of aromatic nitrogens is 1. The lowest BCUT2D eigenvalue weighted by Gasteiger charge is -2.26. The molecule has 0 atom stereocenters. The number of hydrogen-bond acceptors (Lipinski definition) is 5. The lowest BCUT2D eigenvalue weighted by molar-refractivity contribution is -0.136. The average molecular weight is 284 g/mol. The van der Waals surface area contributed by atoms with Crippen LogP contribution in [0, 0.1) is 5.92 Å². The van der Waals surface area contributed by atoms with Crippen molar-refractivity contribution in [2.24, 2.45) is 5.92 Å². The van der Waals surface area contributed by atoms with Gasteiger partial charge in [0.25, 0.3) is 0 Å². The maximum Gasteiger partial charge on any atom is 0.303 e. The van der Waals surface area contributed by atoms with Crippen LogP contribution in [0.5, 0.6) is 0 Å². The van der Waals surface area contributed by atoms with E-state index in [0.717, 1.165) is 43.4 Å². The van der Waals surface area contributed by atoms with E-state index in [1.165, 1.54) is 0 Å². The molecular formula is C13H20N2O3S. The van der Waals surface area contributed by atoms with Crippen molar-refractivity contribution in [1.82, 2.24) is 4.98 Å². The van der Waals surface area contributed by atoms with Gasteiger partial charge in [-0.3, -0.25) is 4.79 Å². The zero-order valence-electron chi connectivity index (χ0n) is 11.2. The summed E-state index contributed by atoms with van der Waals surface area (Å²) in [6.45, 7) is 2.72. The zero-order chi connectivity index (χ0) is 13.7. The summed E-state index contributed by atoms with van der Waals surface area (Å²) in [5.41, 5.74) is 0.876. The van der Waals surface area contributed by atoms with Crippen LogP contribution in [-0.4, -0.2) is 42.9 Å². The molecule has 19 heavy (non-hydrogen) atoms. The minimum Gasteiger partial charge on any atom is -0.481 e. The molecule has 2 rings (SSSR count). The van der Waals surface area contributed by atoms with Crippen LogP contribution in [0.1, 0.15) is 25.0 Å². The lowest BCUT2D eigenvalue weighted by atomic mass is 10.0. The molecule has 6 heteroatoms. The summed E-state index contributed by atoms with van der Waals surface area (Å²) in [4.78, 5) is 17.2. The highest BCUT2D eigenvalue weighted by atomic mass is 32.1. The Labute approximate surface area is 117 Å². The number of rotatable bonds is 6. The SMILES string of the molecule is CN(CC1CCOCC1)c1nc(CCC(=O)O)cs1. The maximum absolute atomic E-state index is 10.5. The minimum absolute atomic E-state index is 0.146. The molecule has 0 saturated carbocycles. The van der Waals surface area contributed by atoms with E-state index in [2.05, 4.69) is 16.9 Å². The molecule has 0 amide bonds. The van der Waals surface area contributed by atoms with Crippen LogP contribution >= 0.6 is 11.3 Å². The molecule has 0 aliphatic carbocycles. The Kier molecular flexibility index (Phi) is 5.15. The first-order valence-electron chi connectivity index (χ1n) is 6.60. The van der Waals surface area contributed by atoms with Crippen LogP contribution in [0.15, 0.2) is 5.38 Å². The highest BCUT2D eigenvalue weighted by molar-refractivity contribution is 7.13. The van der Waals surface area contributed by atoms with Crippen LogP contribution in [-0.2, 0) is 16.0 Å². The molecule has 1 aliphatic heterocycles. The molecule has 0 unspecified atom stereocenters. The molecule has 1 fully saturated rings. The summed E-state index contributed by atoms with van der Waals surface area (Å²) in [6.07, 6.45) is 2.88. The number of hydrogen-bond donors (Lipinski definition) is 1. The van der Waals surface area contributed by atoms with Crippen molar-refractivity contribution in [3.05, 3.63) is 11.1 Å². The van der Waals surface area contributed by atoms with Gasteiger partial charge in [0.2, 0.25) is 0 Å². The number of aryl methyl sites for hydroxylation is 1. The van der Waals surface area contributed by atoms with E-state index in [1.54, 1.807) is 11.3 Å². The zero-order valence-corrected chi connectivity index (χ0v) is 12.0. The van der Waals surface area contributed by atoms with E-state index >= 15 is 0 Å². The van der Waals surface area contributed by atoms with Crippen LogP contribution < -0.4 is 4.90 Å². The Morgan fingerprint density at radius 2 is 2.32 bits per heavy atom. The summed E-state index contributed by atoms with van der Waals surface area (Å²) in [7, 11) is 2.05. The first-order chi connectivity index (χ1) is 9.15. The van der Waals surface area contributed by atoms with Crippen molar-refractivity contribution in [3.63, 3.8) is 0 Å². The standard InChI is InChI=1S/C13H20N2O3S/c1-15(8-10-4-6-18-7-5-10)13-14-11(9-19-13)2-3-12(16)17/h9-10H,2-8H2,1H3,(H,16,17). The highest BCUT2D eigenvalue weighted by Crippen LogP contribution is 2.23. The molecular weight excluding hydrogens is 264 g/mol. The Morgan fingerprint density at radius 1 is 1.58 bits per heavy atom. The Balaban J connectivity index is 1.84. The average Bonchev–Trinajstić information content (AvgIpc) is 2.86. The molecule has 1 aromatic rings. The molecule has 1 N–H and O–H groups in total. The second-order valence-corrected chi connectivity index (χ2v) is 5.79. The third kappa shape index (κ3) is 4.47. The number of thiazole rings is 1. The van der Waals surface area contributed by atoms with Crippen molar-refractivity contribution < 1.29 is 14.6 Å². The van der Waals surface area contributed by atoms with E-state index in [1.807, 2.05) is 5.38 Å². The molecule has 106 valence electrons. The van der Waals surface area contributed by atoms with E-state index < -0.39 is 5.97 Å². The second-order valence-electron chi connectivity index (χ2n) is 4.95. The van der Waals surface area contributed by atoms with E-state index in [-0.39, 0.29) is 6.42 Å². The van der Waals surface area contributed by atoms with Gasteiger partial charge in [0.1, 0.15) is 0 Å². The van der Waals surface area contributed by atoms with Gasteiger partial charge >= 0.3 is 5.97 Å².